The van der Waals surface area contributed by atoms with Gasteiger partial charge in [0.05, 0.1) is 21.1 Å². The van der Waals surface area contributed by atoms with Gasteiger partial charge in [0, 0.05) is 16.6 Å². The van der Waals surface area contributed by atoms with E-state index in [1.54, 1.807) is 23.5 Å². The molecule has 1 amide bonds. The van der Waals surface area contributed by atoms with Crippen LogP contribution in [0.2, 0.25) is 0 Å². The minimum Gasteiger partial charge on any atom is -0.328 e. The third kappa shape index (κ3) is 2.52. The maximum Gasteiger partial charge on any atom is 0.264 e. The summed E-state index contributed by atoms with van der Waals surface area (Å²) in [5, 5.41) is 1.51. The fourth-order valence-electron chi connectivity index (χ4n) is 3.57. The van der Waals surface area contributed by atoms with E-state index in [9.17, 15) is 9.18 Å². The van der Waals surface area contributed by atoms with Crippen molar-refractivity contribution in [3.05, 3.63) is 64.2 Å². The number of para-hydroxylation sites is 1. The van der Waals surface area contributed by atoms with Crippen LogP contribution in [0.15, 0.2) is 48.5 Å². The van der Waals surface area contributed by atoms with Gasteiger partial charge < -0.3 is 4.90 Å². The van der Waals surface area contributed by atoms with Gasteiger partial charge in [0.2, 0.25) is 0 Å². The van der Waals surface area contributed by atoms with Gasteiger partial charge in [-0.25, -0.2) is 9.37 Å². The zero-order valence-electron chi connectivity index (χ0n) is 13.8. The Kier molecular flexibility index (Phi) is 3.76. The molecule has 1 atom stereocenters. The van der Waals surface area contributed by atoms with E-state index in [1.807, 2.05) is 29.2 Å². The van der Waals surface area contributed by atoms with Crippen LogP contribution in [0.25, 0.3) is 20.3 Å². The van der Waals surface area contributed by atoms with Gasteiger partial charge in [0.25, 0.3) is 5.91 Å². The third-order valence-electron chi connectivity index (χ3n) is 4.83. The lowest BCUT2D eigenvalue weighted by molar-refractivity contribution is 0.0740. The maximum atomic E-state index is 14.0. The van der Waals surface area contributed by atoms with Crippen molar-refractivity contribution in [1.82, 2.24) is 9.88 Å². The Balaban J connectivity index is 1.51. The van der Waals surface area contributed by atoms with Crippen molar-refractivity contribution in [2.75, 3.05) is 6.54 Å². The molecule has 0 bridgehead atoms. The van der Waals surface area contributed by atoms with Gasteiger partial charge in [0.1, 0.15) is 10.8 Å². The molecule has 0 unspecified atom stereocenters. The van der Waals surface area contributed by atoms with Gasteiger partial charge in [0.15, 0.2) is 0 Å². The van der Waals surface area contributed by atoms with Crippen LogP contribution in [0, 0.1) is 5.82 Å². The van der Waals surface area contributed by atoms with Crippen molar-refractivity contribution in [3.63, 3.8) is 0 Å². The van der Waals surface area contributed by atoms with Gasteiger partial charge in [-0.05, 0) is 43.2 Å². The van der Waals surface area contributed by atoms with E-state index >= 15 is 0 Å². The minimum absolute atomic E-state index is 0.00922. The first kappa shape index (κ1) is 15.9. The molecule has 130 valence electrons. The van der Waals surface area contributed by atoms with Crippen molar-refractivity contribution in [3.8, 4) is 0 Å². The molecule has 3 nitrogen and oxygen atoms in total. The molecule has 2 aromatic heterocycles. The second-order valence-electron chi connectivity index (χ2n) is 6.44. The van der Waals surface area contributed by atoms with E-state index < -0.39 is 0 Å². The quantitative estimate of drug-likeness (QED) is 0.450. The summed E-state index contributed by atoms with van der Waals surface area (Å²) in [6.07, 6.45) is 1.89. The van der Waals surface area contributed by atoms with Crippen molar-refractivity contribution >= 4 is 48.9 Å². The largest absolute Gasteiger partial charge is 0.328 e. The van der Waals surface area contributed by atoms with Crippen molar-refractivity contribution < 1.29 is 9.18 Å². The average Bonchev–Trinajstić information content (AvgIpc) is 3.37. The second kappa shape index (κ2) is 6.14. The first-order chi connectivity index (χ1) is 12.7. The van der Waals surface area contributed by atoms with Crippen LogP contribution in [-0.4, -0.2) is 22.3 Å². The zero-order valence-corrected chi connectivity index (χ0v) is 15.4. The van der Waals surface area contributed by atoms with Crippen molar-refractivity contribution in [2.24, 2.45) is 0 Å². The molecule has 2 aromatic carbocycles. The molecule has 4 aromatic rings. The number of rotatable bonds is 2. The van der Waals surface area contributed by atoms with Crippen LogP contribution in [0.5, 0.6) is 0 Å². The number of amides is 1. The lowest BCUT2D eigenvalue weighted by atomic mass is 10.2. The summed E-state index contributed by atoms with van der Waals surface area (Å²) < 4.78 is 15.9. The number of nitrogens with zero attached hydrogens (tertiary/aromatic N) is 2. The maximum absolute atomic E-state index is 14.0. The minimum atomic E-state index is -0.276. The standard InChI is InChI=1S/C20H15FN2OS2/c21-13-5-3-9-16-12(13)11-18(25-16)20(24)23-10-4-7-15(23)19-22-14-6-1-2-8-17(14)26-19/h1-3,5-6,8-9,11,15H,4,7,10H2/t15-/m1/s1. The Morgan fingerprint density at radius 3 is 2.81 bits per heavy atom. The summed E-state index contributed by atoms with van der Waals surface area (Å²) in [5.41, 5.74) is 0.982. The topological polar surface area (TPSA) is 33.2 Å². The molecule has 0 saturated carbocycles. The molecule has 1 aliphatic heterocycles. The van der Waals surface area contributed by atoms with Crippen LogP contribution in [0.3, 0.4) is 0 Å². The second-order valence-corrected chi connectivity index (χ2v) is 8.58. The van der Waals surface area contributed by atoms with E-state index in [1.165, 1.54) is 17.4 Å². The summed E-state index contributed by atoms with van der Waals surface area (Å²) in [6, 6.07) is 14.7. The molecule has 6 heteroatoms. The molecule has 0 N–H and O–H groups in total. The first-order valence-corrected chi connectivity index (χ1v) is 10.2. The molecule has 26 heavy (non-hydrogen) atoms. The third-order valence-corrected chi connectivity index (χ3v) is 7.05. The van der Waals surface area contributed by atoms with Crippen LogP contribution < -0.4 is 0 Å². The Labute approximate surface area is 157 Å². The number of carbonyl (C=O) groups excluding carboxylic acids is 1. The molecule has 1 fully saturated rings. The summed E-state index contributed by atoms with van der Waals surface area (Å²) >= 11 is 3.02. The fraction of sp³-hybridized carbons (Fsp3) is 0.200. The summed E-state index contributed by atoms with van der Waals surface area (Å²) in [4.78, 5) is 20.4. The smallest absolute Gasteiger partial charge is 0.264 e. The van der Waals surface area contributed by atoms with Crippen LogP contribution in [0.4, 0.5) is 4.39 Å². The fourth-order valence-corrected chi connectivity index (χ4v) is 5.72. The number of thiazole rings is 1. The highest BCUT2D eigenvalue weighted by atomic mass is 32.1. The summed E-state index contributed by atoms with van der Waals surface area (Å²) in [7, 11) is 0. The Morgan fingerprint density at radius 2 is 1.96 bits per heavy atom. The van der Waals surface area contributed by atoms with Gasteiger partial charge >= 0.3 is 0 Å². The van der Waals surface area contributed by atoms with Gasteiger partial charge in [-0.15, -0.1) is 22.7 Å². The number of carbonyl (C=O) groups is 1. The number of benzene rings is 2. The predicted octanol–water partition coefficient (Wildman–Crippen LogP) is 5.63. The highest BCUT2D eigenvalue weighted by Gasteiger charge is 2.33. The molecule has 1 aliphatic rings. The lowest BCUT2D eigenvalue weighted by Gasteiger charge is -2.22. The lowest BCUT2D eigenvalue weighted by Crippen LogP contribution is -2.29. The first-order valence-electron chi connectivity index (χ1n) is 8.55. The highest BCUT2D eigenvalue weighted by molar-refractivity contribution is 7.20. The molecule has 3 heterocycles. The molecular weight excluding hydrogens is 367 g/mol. The Morgan fingerprint density at radius 1 is 1.12 bits per heavy atom. The van der Waals surface area contributed by atoms with E-state index in [0.29, 0.717) is 10.3 Å². The SMILES string of the molecule is O=C(c1cc2c(F)cccc2s1)N1CCC[C@@H]1c1nc2ccccc2s1. The number of likely N-dealkylation sites (tertiary alicyclic amines) is 1. The van der Waals surface area contributed by atoms with E-state index in [0.717, 1.165) is 39.3 Å². The number of hydrogen-bond donors (Lipinski definition) is 0. The molecule has 1 saturated heterocycles. The highest BCUT2D eigenvalue weighted by Crippen LogP contribution is 2.38. The summed E-state index contributed by atoms with van der Waals surface area (Å²) in [6.45, 7) is 0.718. The van der Waals surface area contributed by atoms with E-state index in [4.69, 9.17) is 4.98 Å². The van der Waals surface area contributed by atoms with E-state index in [2.05, 4.69) is 6.07 Å². The zero-order chi connectivity index (χ0) is 17.7. The molecule has 0 radical (unpaired) electrons. The number of aromatic nitrogens is 1. The van der Waals surface area contributed by atoms with Gasteiger partial charge in [-0.3, -0.25) is 4.79 Å². The van der Waals surface area contributed by atoms with Crippen molar-refractivity contribution in [2.45, 2.75) is 18.9 Å². The Hall–Kier alpha value is -2.31. The Bertz CT molecular complexity index is 1100. The monoisotopic (exact) mass is 382 g/mol. The molecule has 0 aliphatic carbocycles. The van der Waals surface area contributed by atoms with Crippen LogP contribution in [0.1, 0.15) is 33.6 Å². The van der Waals surface area contributed by atoms with E-state index in [-0.39, 0.29) is 17.8 Å². The molecule has 0 spiro atoms. The molecule has 5 rings (SSSR count). The van der Waals surface area contributed by atoms with Crippen LogP contribution >= 0.6 is 22.7 Å². The number of thiophene rings is 1. The number of hydrogen-bond acceptors (Lipinski definition) is 4. The number of halogens is 1. The van der Waals surface area contributed by atoms with Gasteiger partial charge in [-0.2, -0.15) is 0 Å². The van der Waals surface area contributed by atoms with Crippen molar-refractivity contribution in [1.29, 1.82) is 0 Å². The normalized spacial score (nSPS) is 17.4. The predicted molar refractivity (Wildman–Crippen MR) is 104 cm³/mol. The van der Waals surface area contributed by atoms with Crippen LogP contribution in [-0.2, 0) is 0 Å². The number of fused-ring (bicyclic) bond motifs is 2. The van der Waals surface area contributed by atoms with Gasteiger partial charge in [-0.1, -0.05) is 18.2 Å². The summed E-state index contributed by atoms with van der Waals surface area (Å²) in [5.74, 6) is -0.297. The average molecular weight is 382 g/mol. The molecular formula is C20H15FN2OS2.